The molecule has 0 saturated heterocycles. The number of aliphatic hydroxyl groups is 1. The van der Waals surface area contributed by atoms with Gasteiger partial charge in [0.15, 0.2) is 11.2 Å². The molecule has 2 heterocycles. The SMILES string of the molecule is C=C(COCP(=O)(O)O)C(CO)n1cnc2c(=O)[nH]c(N)nc21.O=[PH](O)O. The van der Waals surface area contributed by atoms with Crippen molar-refractivity contribution in [3.8, 4) is 0 Å². The molecule has 8 N–H and O–H groups in total. The fourth-order valence-corrected chi connectivity index (χ4v) is 2.31. The summed E-state index contributed by atoms with van der Waals surface area (Å²) in [4.78, 5) is 53.7. The molecule has 0 spiro atoms. The molecule has 0 amide bonds. The molecule has 152 valence electrons. The molecule has 2 aromatic heterocycles. The first kappa shape index (κ1) is 23.1. The van der Waals surface area contributed by atoms with Crippen molar-refractivity contribution >= 4 is 33.0 Å². The first-order valence-electron chi connectivity index (χ1n) is 7.01. The number of aromatic nitrogens is 4. The summed E-state index contributed by atoms with van der Waals surface area (Å²) < 4.78 is 25.8. The Kier molecular flexibility index (Phi) is 8.47. The lowest BCUT2D eigenvalue weighted by Crippen LogP contribution is -2.19. The Morgan fingerprint density at radius 3 is 2.59 bits per heavy atom. The van der Waals surface area contributed by atoms with Gasteiger partial charge in [-0.15, -0.1) is 0 Å². The summed E-state index contributed by atoms with van der Waals surface area (Å²) in [6.07, 6.45) is 0.529. The maximum atomic E-state index is 11.7. The van der Waals surface area contributed by atoms with Gasteiger partial charge in [0.25, 0.3) is 5.56 Å². The van der Waals surface area contributed by atoms with E-state index in [1.807, 2.05) is 0 Å². The number of imidazole rings is 1. The van der Waals surface area contributed by atoms with Crippen molar-refractivity contribution in [3.63, 3.8) is 0 Å². The van der Waals surface area contributed by atoms with E-state index in [4.69, 9.17) is 34.6 Å². The molecule has 0 fully saturated rings. The number of nitrogen functional groups attached to an aromatic ring is 1. The molecule has 1 atom stereocenters. The van der Waals surface area contributed by atoms with Crippen molar-refractivity contribution < 1.29 is 38.5 Å². The van der Waals surface area contributed by atoms with Crippen molar-refractivity contribution in [2.45, 2.75) is 6.04 Å². The van der Waals surface area contributed by atoms with E-state index in [0.717, 1.165) is 0 Å². The Morgan fingerprint density at radius 2 is 2.07 bits per heavy atom. The topological polar surface area (TPSA) is 234 Å². The molecular formula is C11H19N5O9P2. The normalized spacial score (nSPS) is 12.7. The fourth-order valence-electron chi connectivity index (χ4n) is 1.98. The summed E-state index contributed by atoms with van der Waals surface area (Å²) in [6, 6.07) is -0.745. The first-order valence-corrected chi connectivity index (χ1v) is 10.1. The van der Waals surface area contributed by atoms with E-state index in [9.17, 15) is 14.5 Å². The van der Waals surface area contributed by atoms with Gasteiger partial charge in [0.2, 0.25) is 5.95 Å². The Balaban J connectivity index is 0.000000828. The lowest BCUT2D eigenvalue weighted by molar-refractivity contribution is 0.163. The average Bonchev–Trinajstić information content (AvgIpc) is 2.90. The van der Waals surface area contributed by atoms with Gasteiger partial charge in [0, 0.05) is 0 Å². The van der Waals surface area contributed by atoms with Gasteiger partial charge in [0.1, 0.15) is 6.35 Å². The molecule has 2 rings (SSSR count). The summed E-state index contributed by atoms with van der Waals surface area (Å²) in [5.41, 5.74) is 5.49. The van der Waals surface area contributed by atoms with Crippen molar-refractivity contribution in [1.29, 1.82) is 0 Å². The molecule has 0 radical (unpaired) electrons. The van der Waals surface area contributed by atoms with Gasteiger partial charge >= 0.3 is 15.9 Å². The summed E-state index contributed by atoms with van der Waals surface area (Å²) in [5.74, 6) is -0.107. The van der Waals surface area contributed by atoms with Gasteiger partial charge in [-0.3, -0.25) is 18.9 Å². The van der Waals surface area contributed by atoms with Gasteiger partial charge in [-0.25, -0.2) is 4.98 Å². The van der Waals surface area contributed by atoms with Gasteiger partial charge in [-0.05, 0) is 5.57 Å². The van der Waals surface area contributed by atoms with Crippen LogP contribution in [0.2, 0.25) is 0 Å². The zero-order chi connectivity index (χ0) is 20.8. The van der Waals surface area contributed by atoms with Crippen LogP contribution in [-0.4, -0.2) is 63.8 Å². The van der Waals surface area contributed by atoms with E-state index in [-0.39, 0.29) is 23.7 Å². The van der Waals surface area contributed by atoms with Crippen LogP contribution < -0.4 is 11.3 Å². The minimum Gasteiger partial charge on any atom is -0.394 e. The zero-order valence-electron chi connectivity index (χ0n) is 13.7. The van der Waals surface area contributed by atoms with E-state index >= 15 is 0 Å². The van der Waals surface area contributed by atoms with Crippen molar-refractivity contribution in [1.82, 2.24) is 19.5 Å². The molecule has 14 nitrogen and oxygen atoms in total. The second-order valence-electron chi connectivity index (χ2n) is 5.06. The largest absolute Gasteiger partial charge is 0.394 e. The highest BCUT2D eigenvalue weighted by Crippen LogP contribution is 2.34. The highest BCUT2D eigenvalue weighted by Gasteiger charge is 2.20. The molecule has 0 aliphatic carbocycles. The summed E-state index contributed by atoms with van der Waals surface area (Å²) in [6.45, 7) is 3.12. The second kappa shape index (κ2) is 9.88. The number of aromatic amines is 1. The number of ether oxygens (including phenoxy) is 1. The Bertz CT molecular complexity index is 917. The van der Waals surface area contributed by atoms with Crippen molar-refractivity contribution in [2.75, 3.05) is 25.3 Å². The van der Waals surface area contributed by atoms with Crippen LogP contribution in [0.4, 0.5) is 5.95 Å². The number of rotatable bonds is 7. The molecule has 0 aliphatic heterocycles. The standard InChI is InChI=1S/C11H16N5O6P.H3O3P/c1-6(3-22-5-23(19,20)21)7(2-17)16-4-13-8-9(16)14-11(12)15-10(8)18;1-4(2)3/h4,7,17H,1-3,5H2,(H2,19,20,21)(H3,12,14,15,18);4H,(H2,1,2,3). The van der Waals surface area contributed by atoms with E-state index in [1.54, 1.807) is 0 Å². The minimum atomic E-state index is -4.29. The third kappa shape index (κ3) is 7.33. The molecule has 16 heteroatoms. The smallest absolute Gasteiger partial charge is 0.350 e. The number of nitrogens with one attached hydrogen (secondary N) is 1. The fraction of sp³-hybridized carbons (Fsp3) is 0.364. The summed E-state index contributed by atoms with van der Waals surface area (Å²) in [5, 5.41) is 9.56. The third-order valence-corrected chi connectivity index (χ3v) is 3.50. The van der Waals surface area contributed by atoms with Gasteiger partial charge < -0.3 is 39.7 Å². The molecule has 0 bridgehead atoms. The quantitative estimate of drug-likeness (QED) is 0.193. The predicted octanol–water partition coefficient (Wildman–Crippen LogP) is -1.70. The average molecular weight is 427 g/mol. The van der Waals surface area contributed by atoms with Crippen LogP contribution in [-0.2, 0) is 13.9 Å². The number of anilines is 1. The molecule has 27 heavy (non-hydrogen) atoms. The highest BCUT2D eigenvalue weighted by molar-refractivity contribution is 7.51. The number of H-pyrrole nitrogens is 1. The monoisotopic (exact) mass is 427 g/mol. The molecule has 0 saturated carbocycles. The molecule has 1 unspecified atom stereocenters. The number of nitrogens with two attached hydrogens (primary N) is 1. The Labute approximate surface area is 152 Å². The number of fused-ring (bicyclic) bond motifs is 1. The predicted molar refractivity (Wildman–Crippen MR) is 94.1 cm³/mol. The maximum Gasteiger partial charge on any atom is 0.350 e. The molecule has 0 aliphatic rings. The van der Waals surface area contributed by atoms with Crippen molar-refractivity contribution in [3.05, 3.63) is 28.8 Å². The van der Waals surface area contributed by atoms with Crippen LogP contribution in [0.15, 0.2) is 23.3 Å². The molecular weight excluding hydrogens is 408 g/mol. The van der Waals surface area contributed by atoms with E-state index in [0.29, 0.717) is 5.57 Å². The number of hydrogen-bond donors (Lipinski definition) is 7. The number of nitrogens with zero attached hydrogens (tertiary/aromatic N) is 3. The van der Waals surface area contributed by atoms with Crippen LogP contribution in [0.5, 0.6) is 0 Å². The number of hydrogen-bond acceptors (Lipinski definition) is 8. The van der Waals surface area contributed by atoms with E-state index in [1.165, 1.54) is 10.9 Å². The molecule has 2 aromatic rings. The minimum absolute atomic E-state index is 0.0431. The van der Waals surface area contributed by atoms with E-state index in [2.05, 4.69) is 21.5 Å². The summed E-state index contributed by atoms with van der Waals surface area (Å²) in [7, 11) is -7.42. The van der Waals surface area contributed by atoms with Crippen LogP contribution in [0, 0.1) is 0 Å². The zero-order valence-corrected chi connectivity index (χ0v) is 15.6. The first-order chi connectivity index (χ1) is 12.5. The summed E-state index contributed by atoms with van der Waals surface area (Å²) >= 11 is 0. The third-order valence-electron chi connectivity index (χ3n) is 2.98. The van der Waals surface area contributed by atoms with Crippen LogP contribution >= 0.6 is 15.9 Å². The van der Waals surface area contributed by atoms with Gasteiger partial charge in [-0.1, -0.05) is 6.58 Å². The van der Waals surface area contributed by atoms with Gasteiger partial charge in [0.05, 0.1) is 25.6 Å². The van der Waals surface area contributed by atoms with Crippen LogP contribution in [0.1, 0.15) is 6.04 Å². The Hall–Kier alpha value is -1.89. The molecule has 0 aromatic carbocycles. The number of aliphatic hydroxyl groups excluding tert-OH is 1. The Morgan fingerprint density at radius 1 is 1.48 bits per heavy atom. The lowest BCUT2D eigenvalue weighted by Gasteiger charge is -2.19. The van der Waals surface area contributed by atoms with E-state index < -0.39 is 40.4 Å². The lowest BCUT2D eigenvalue weighted by atomic mass is 10.1. The van der Waals surface area contributed by atoms with Gasteiger partial charge in [-0.2, -0.15) is 4.98 Å². The van der Waals surface area contributed by atoms with Crippen LogP contribution in [0.25, 0.3) is 11.2 Å². The van der Waals surface area contributed by atoms with Crippen molar-refractivity contribution in [2.24, 2.45) is 0 Å². The maximum absolute atomic E-state index is 11.7. The van der Waals surface area contributed by atoms with Crippen LogP contribution in [0.3, 0.4) is 0 Å². The second-order valence-corrected chi connectivity index (χ2v) is 7.21. The highest BCUT2D eigenvalue weighted by atomic mass is 31.2.